The van der Waals surface area contributed by atoms with Gasteiger partial charge in [-0.2, -0.15) is 0 Å². The first-order valence-corrected chi connectivity index (χ1v) is 9.36. The van der Waals surface area contributed by atoms with Gasteiger partial charge >= 0.3 is 0 Å². The lowest BCUT2D eigenvalue weighted by molar-refractivity contribution is 0.0374. The summed E-state index contributed by atoms with van der Waals surface area (Å²) in [6, 6.07) is 16.6. The summed E-state index contributed by atoms with van der Waals surface area (Å²) in [6.07, 6.45) is 2.30. The van der Waals surface area contributed by atoms with Crippen LogP contribution in [0.25, 0.3) is 0 Å². The smallest absolute Gasteiger partial charge is 0.119 e. The van der Waals surface area contributed by atoms with Gasteiger partial charge in [0, 0.05) is 23.1 Å². The number of morpholine rings is 1. The summed E-state index contributed by atoms with van der Waals surface area (Å²) in [6.45, 7) is 5.64. The van der Waals surface area contributed by atoms with Crippen LogP contribution in [0.3, 0.4) is 0 Å². The van der Waals surface area contributed by atoms with Crippen LogP contribution in [0.15, 0.2) is 53.0 Å². The van der Waals surface area contributed by atoms with Gasteiger partial charge in [-0.15, -0.1) is 0 Å². The Morgan fingerprint density at radius 1 is 1.00 bits per heavy atom. The van der Waals surface area contributed by atoms with Gasteiger partial charge < -0.3 is 9.47 Å². The molecule has 0 aromatic heterocycles. The van der Waals surface area contributed by atoms with E-state index in [1.54, 1.807) is 0 Å². The number of aryl methyl sites for hydroxylation is 1. The molecule has 1 aliphatic heterocycles. The monoisotopic (exact) mass is 389 g/mol. The molecule has 128 valence electrons. The van der Waals surface area contributed by atoms with Crippen molar-refractivity contribution < 1.29 is 9.47 Å². The number of benzene rings is 2. The van der Waals surface area contributed by atoms with Crippen molar-refractivity contribution in [2.45, 2.75) is 19.4 Å². The van der Waals surface area contributed by atoms with E-state index < -0.39 is 0 Å². The van der Waals surface area contributed by atoms with E-state index in [0.29, 0.717) is 6.61 Å². The highest BCUT2D eigenvalue weighted by Gasteiger charge is 2.09. The molecule has 0 amide bonds. The maximum atomic E-state index is 5.88. The second-order valence-corrected chi connectivity index (χ2v) is 6.94. The third-order valence-electron chi connectivity index (χ3n) is 4.32. The molecule has 3 nitrogen and oxygen atoms in total. The molecule has 3 rings (SSSR count). The van der Waals surface area contributed by atoms with Crippen molar-refractivity contribution in [3.63, 3.8) is 0 Å². The predicted molar refractivity (Wildman–Crippen MR) is 100 cm³/mol. The highest BCUT2D eigenvalue weighted by Crippen LogP contribution is 2.19. The van der Waals surface area contributed by atoms with Crippen LogP contribution in [-0.4, -0.2) is 37.7 Å². The average Bonchev–Trinajstić information content (AvgIpc) is 2.63. The van der Waals surface area contributed by atoms with E-state index in [2.05, 4.69) is 51.2 Å². The number of ether oxygens (including phenoxy) is 2. The Morgan fingerprint density at radius 2 is 1.75 bits per heavy atom. The van der Waals surface area contributed by atoms with Gasteiger partial charge in [-0.3, -0.25) is 4.90 Å². The Kier molecular flexibility index (Phi) is 6.70. The Hall–Kier alpha value is -1.36. The lowest BCUT2D eigenvalue weighted by Gasteiger charge is -2.26. The SMILES string of the molecule is Brc1ccccc1COc1ccc(CCCN2CCOCC2)cc1. The summed E-state index contributed by atoms with van der Waals surface area (Å²) in [5, 5.41) is 0. The summed E-state index contributed by atoms with van der Waals surface area (Å²) in [5.41, 5.74) is 2.53. The first-order valence-electron chi connectivity index (χ1n) is 8.56. The second-order valence-electron chi connectivity index (χ2n) is 6.08. The molecule has 0 N–H and O–H groups in total. The maximum Gasteiger partial charge on any atom is 0.119 e. The zero-order chi connectivity index (χ0) is 16.6. The highest BCUT2D eigenvalue weighted by molar-refractivity contribution is 9.10. The van der Waals surface area contributed by atoms with Gasteiger partial charge in [-0.1, -0.05) is 46.3 Å². The molecule has 2 aromatic rings. The van der Waals surface area contributed by atoms with Gasteiger partial charge in [-0.05, 0) is 43.1 Å². The maximum absolute atomic E-state index is 5.88. The topological polar surface area (TPSA) is 21.7 Å². The normalized spacial score (nSPS) is 15.4. The van der Waals surface area contributed by atoms with Crippen LogP contribution in [-0.2, 0) is 17.8 Å². The van der Waals surface area contributed by atoms with Crippen molar-refractivity contribution in [2.24, 2.45) is 0 Å². The van der Waals surface area contributed by atoms with E-state index in [4.69, 9.17) is 9.47 Å². The Bertz CT molecular complexity index is 624. The van der Waals surface area contributed by atoms with Gasteiger partial charge in [-0.25, -0.2) is 0 Å². The molecular formula is C20H24BrNO2. The van der Waals surface area contributed by atoms with Crippen LogP contribution in [0.5, 0.6) is 5.75 Å². The molecule has 0 spiro atoms. The molecule has 4 heteroatoms. The summed E-state index contributed by atoms with van der Waals surface area (Å²) in [4.78, 5) is 2.48. The van der Waals surface area contributed by atoms with E-state index in [1.807, 2.05) is 18.2 Å². The highest BCUT2D eigenvalue weighted by atomic mass is 79.9. The zero-order valence-corrected chi connectivity index (χ0v) is 15.5. The number of rotatable bonds is 7. The molecule has 1 fully saturated rings. The second kappa shape index (κ2) is 9.21. The van der Waals surface area contributed by atoms with Crippen molar-refractivity contribution >= 4 is 15.9 Å². The summed E-state index contributed by atoms with van der Waals surface area (Å²) < 4.78 is 12.3. The van der Waals surface area contributed by atoms with Crippen molar-refractivity contribution in [1.29, 1.82) is 0 Å². The van der Waals surface area contributed by atoms with Gasteiger partial charge in [0.1, 0.15) is 12.4 Å². The molecular weight excluding hydrogens is 366 g/mol. The van der Waals surface area contributed by atoms with Crippen LogP contribution < -0.4 is 4.74 Å². The van der Waals surface area contributed by atoms with Crippen LogP contribution in [0.1, 0.15) is 17.5 Å². The minimum atomic E-state index is 0.581. The number of hydrogen-bond donors (Lipinski definition) is 0. The van der Waals surface area contributed by atoms with Crippen LogP contribution in [0, 0.1) is 0 Å². The first-order chi connectivity index (χ1) is 11.8. The standard InChI is InChI=1S/C20H24BrNO2/c21-20-6-2-1-5-18(20)16-24-19-9-7-17(8-10-19)4-3-11-22-12-14-23-15-13-22/h1-2,5-10H,3-4,11-16H2. The van der Waals surface area contributed by atoms with E-state index >= 15 is 0 Å². The molecule has 0 atom stereocenters. The van der Waals surface area contributed by atoms with Crippen LogP contribution in [0.4, 0.5) is 0 Å². The zero-order valence-electron chi connectivity index (χ0n) is 13.9. The lowest BCUT2D eigenvalue weighted by atomic mass is 10.1. The molecule has 0 saturated carbocycles. The predicted octanol–water partition coefficient (Wildman–Crippen LogP) is 4.29. The molecule has 0 radical (unpaired) electrons. The Morgan fingerprint density at radius 3 is 2.50 bits per heavy atom. The number of halogens is 1. The first kappa shape index (κ1) is 17.5. The minimum absolute atomic E-state index is 0.581. The van der Waals surface area contributed by atoms with E-state index in [-0.39, 0.29) is 0 Å². The van der Waals surface area contributed by atoms with E-state index in [0.717, 1.165) is 55.1 Å². The average molecular weight is 390 g/mol. The fourth-order valence-electron chi connectivity index (χ4n) is 2.86. The van der Waals surface area contributed by atoms with Gasteiger partial charge in [0.25, 0.3) is 0 Å². The minimum Gasteiger partial charge on any atom is -0.489 e. The molecule has 1 aliphatic rings. The third-order valence-corrected chi connectivity index (χ3v) is 5.09. The Balaban J connectivity index is 1.42. The van der Waals surface area contributed by atoms with Crippen molar-refractivity contribution in [3.8, 4) is 5.75 Å². The van der Waals surface area contributed by atoms with Gasteiger partial charge in [0.05, 0.1) is 13.2 Å². The lowest BCUT2D eigenvalue weighted by Crippen LogP contribution is -2.36. The van der Waals surface area contributed by atoms with Crippen LogP contribution in [0.2, 0.25) is 0 Å². The molecule has 0 bridgehead atoms. The molecule has 0 aliphatic carbocycles. The van der Waals surface area contributed by atoms with E-state index in [9.17, 15) is 0 Å². The number of hydrogen-bond acceptors (Lipinski definition) is 3. The van der Waals surface area contributed by atoms with Gasteiger partial charge in [0.2, 0.25) is 0 Å². The quantitative estimate of drug-likeness (QED) is 0.704. The number of nitrogens with zero attached hydrogens (tertiary/aromatic N) is 1. The molecule has 24 heavy (non-hydrogen) atoms. The fraction of sp³-hybridized carbons (Fsp3) is 0.400. The van der Waals surface area contributed by atoms with E-state index in [1.165, 1.54) is 12.0 Å². The van der Waals surface area contributed by atoms with Crippen molar-refractivity contribution in [1.82, 2.24) is 4.90 Å². The molecule has 1 heterocycles. The third kappa shape index (κ3) is 5.33. The summed E-state index contributed by atoms with van der Waals surface area (Å²) >= 11 is 3.55. The molecule has 0 unspecified atom stereocenters. The summed E-state index contributed by atoms with van der Waals surface area (Å²) in [5.74, 6) is 0.919. The van der Waals surface area contributed by atoms with Gasteiger partial charge in [0.15, 0.2) is 0 Å². The Labute approximate surface area is 152 Å². The van der Waals surface area contributed by atoms with Crippen molar-refractivity contribution in [2.75, 3.05) is 32.8 Å². The largest absolute Gasteiger partial charge is 0.489 e. The molecule has 2 aromatic carbocycles. The molecule has 1 saturated heterocycles. The fourth-order valence-corrected chi connectivity index (χ4v) is 3.26. The van der Waals surface area contributed by atoms with Crippen molar-refractivity contribution in [3.05, 3.63) is 64.1 Å². The van der Waals surface area contributed by atoms with Crippen LogP contribution >= 0.6 is 15.9 Å². The summed E-state index contributed by atoms with van der Waals surface area (Å²) in [7, 11) is 0.